The van der Waals surface area contributed by atoms with E-state index in [9.17, 15) is 4.79 Å². The van der Waals surface area contributed by atoms with Gasteiger partial charge in [-0.3, -0.25) is 4.79 Å². The third-order valence-electron chi connectivity index (χ3n) is 3.62. The van der Waals surface area contributed by atoms with E-state index in [-0.39, 0.29) is 29.8 Å². The Labute approximate surface area is 87.9 Å². The van der Waals surface area contributed by atoms with Crippen LogP contribution in [-0.4, -0.2) is 28.9 Å². The molecule has 15 heavy (non-hydrogen) atoms. The quantitative estimate of drug-likeness (QED) is 0.481. The van der Waals surface area contributed by atoms with E-state index in [1.165, 1.54) is 0 Å². The molecule has 1 heterocycles. The predicted octanol–water partition coefficient (Wildman–Crippen LogP) is 1.17. The second kappa shape index (κ2) is 2.62. The number of fused-ring (bicyclic) bond motifs is 5. The van der Waals surface area contributed by atoms with Crippen molar-refractivity contribution in [1.29, 1.82) is 0 Å². The predicted molar refractivity (Wildman–Crippen MR) is 51.1 cm³/mol. The Morgan fingerprint density at radius 2 is 1.93 bits per heavy atom. The van der Waals surface area contributed by atoms with Gasteiger partial charge in [0, 0.05) is 11.5 Å². The summed E-state index contributed by atoms with van der Waals surface area (Å²) in [6, 6.07) is 0. The first-order chi connectivity index (χ1) is 7.03. The Kier molecular flexibility index (Phi) is 1.64. The Hall–Kier alpha value is -0.870. The second-order valence-electron chi connectivity index (χ2n) is 4.96. The van der Waals surface area contributed by atoms with Crippen LogP contribution in [0.5, 0.6) is 0 Å². The smallest absolute Gasteiger partial charge is 0.168 e. The highest BCUT2D eigenvalue weighted by molar-refractivity contribution is 6.01. The molecule has 2 aliphatic carbocycles. The van der Waals surface area contributed by atoms with Gasteiger partial charge in [0.15, 0.2) is 11.6 Å². The van der Waals surface area contributed by atoms with Crippen molar-refractivity contribution in [3.8, 4) is 0 Å². The molecule has 1 saturated heterocycles. The van der Waals surface area contributed by atoms with E-state index in [4.69, 9.17) is 14.6 Å². The molecule has 0 amide bonds. The van der Waals surface area contributed by atoms with Crippen LogP contribution in [0, 0.1) is 11.8 Å². The zero-order chi connectivity index (χ0) is 10.8. The van der Waals surface area contributed by atoms with Crippen molar-refractivity contribution in [1.82, 2.24) is 0 Å². The molecule has 0 radical (unpaired) electrons. The SMILES string of the molecule is CC1(C)O[C@@H]2[C@H](O1)[C@@H]1C[C@H]2C(=O)/C1=C\O. The van der Waals surface area contributed by atoms with Crippen LogP contribution in [0.25, 0.3) is 0 Å². The normalized spacial score (nSPS) is 48.9. The molecule has 4 atom stereocenters. The first kappa shape index (κ1) is 9.36. The molecule has 4 nitrogen and oxygen atoms in total. The van der Waals surface area contributed by atoms with Crippen molar-refractivity contribution in [3.05, 3.63) is 11.8 Å². The second-order valence-corrected chi connectivity index (χ2v) is 4.96. The number of rotatable bonds is 0. The van der Waals surface area contributed by atoms with Gasteiger partial charge in [-0.25, -0.2) is 0 Å². The van der Waals surface area contributed by atoms with Crippen LogP contribution in [0.15, 0.2) is 11.8 Å². The number of aliphatic hydroxyl groups excluding tert-OH is 1. The molecule has 0 aromatic carbocycles. The summed E-state index contributed by atoms with van der Waals surface area (Å²) in [6.07, 6.45) is 1.54. The first-order valence-electron chi connectivity index (χ1n) is 5.27. The monoisotopic (exact) mass is 210 g/mol. The van der Waals surface area contributed by atoms with Gasteiger partial charge < -0.3 is 14.6 Å². The van der Waals surface area contributed by atoms with E-state index < -0.39 is 5.79 Å². The molecule has 2 saturated carbocycles. The summed E-state index contributed by atoms with van der Waals surface area (Å²) in [4.78, 5) is 11.8. The van der Waals surface area contributed by atoms with Crippen LogP contribution >= 0.6 is 0 Å². The van der Waals surface area contributed by atoms with Gasteiger partial charge in [-0.05, 0) is 20.3 Å². The lowest BCUT2D eigenvalue weighted by Gasteiger charge is -2.22. The summed E-state index contributed by atoms with van der Waals surface area (Å²) in [7, 11) is 0. The van der Waals surface area contributed by atoms with Gasteiger partial charge in [-0.15, -0.1) is 0 Å². The summed E-state index contributed by atoms with van der Waals surface area (Å²) in [5.41, 5.74) is 0.516. The maximum absolute atomic E-state index is 11.8. The fraction of sp³-hybridized carbons (Fsp3) is 0.727. The summed E-state index contributed by atoms with van der Waals surface area (Å²) < 4.78 is 11.5. The topological polar surface area (TPSA) is 55.8 Å². The van der Waals surface area contributed by atoms with E-state index in [0.29, 0.717) is 5.57 Å². The molecular weight excluding hydrogens is 196 g/mol. The number of carbonyl (C=O) groups is 1. The fourth-order valence-electron chi connectivity index (χ4n) is 3.10. The average Bonchev–Trinajstić information content (AvgIpc) is 2.71. The zero-order valence-electron chi connectivity index (χ0n) is 8.77. The molecule has 4 heteroatoms. The number of hydrogen-bond donors (Lipinski definition) is 1. The van der Waals surface area contributed by atoms with E-state index in [2.05, 4.69) is 0 Å². The van der Waals surface area contributed by atoms with Gasteiger partial charge in [-0.1, -0.05) is 0 Å². The molecule has 2 bridgehead atoms. The minimum atomic E-state index is -0.600. The Balaban J connectivity index is 1.96. The number of ketones is 1. The summed E-state index contributed by atoms with van der Waals surface area (Å²) in [5, 5.41) is 9.03. The highest BCUT2D eigenvalue weighted by atomic mass is 16.8. The highest BCUT2D eigenvalue weighted by Crippen LogP contribution is 2.53. The van der Waals surface area contributed by atoms with Crippen molar-refractivity contribution in [2.75, 3.05) is 0 Å². The van der Waals surface area contributed by atoms with Gasteiger partial charge in [0.2, 0.25) is 0 Å². The van der Waals surface area contributed by atoms with Crippen molar-refractivity contribution in [2.24, 2.45) is 11.8 Å². The number of carbonyl (C=O) groups excluding carboxylic acids is 1. The number of aliphatic hydroxyl groups is 1. The van der Waals surface area contributed by atoms with Crippen LogP contribution in [0.3, 0.4) is 0 Å². The van der Waals surface area contributed by atoms with Crippen LogP contribution in [0.2, 0.25) is 0 Å². The van der Waals surface area contributed by atoms with Crippen molar-refractivity contribution in [3.63, 3.8) is 0 Å². The lowest BCUT2D eigenvalue weighted by Crippen LogP contribution is -2.36. The number of hydrogen-bond acceptors (Lipinski definition) is 4. The van der Waals surface area contributed by atoms with Gasteiger partial charge >= 0.3 is 0 Å². The molecule has 0 aromatic heterocycles. The summed E-state index contributed by atoms with van der Waals surface area (Å²) in [6.45, 7) is 3.72. The molecular formula is C11H14O4. The molecule has 0 aromatic rings. The lowest BCUT2D eigenvalue weighted by atomic mass is 9.90. The van der Waals surface area contributed by atoms with Crippen molar-refractivity contribution >= 4 is 5.78 Å². The van der Waals surface area contributed by atoms with Gasteiger partial charge in [0.1, 0.15) is 0 Å². The van der Waals surface area contributed by atoms with E-state index >= 15 is 0 Å². The van der Waals surface area contributed by atoms with Gasteiger partial charge in [0.05, 0.1) is 24.4 Å². The highest BCUT2D eigenvalue weighted by Gasteiger charge is 2.62. The largest absolute Gasteiger partial charge is 0.515 e. The van der Waals surface area contributed by atoms with Crippen molar-refractivity contribution in [2.45, 2.75) is 38.3 Å². The molecule has 0 spiro atoms. The zero-order valence-corrected chi connectivity index (χ0v) is 8.77. The third kappa shape index (κ3) is 1.06. The molecule has 3 aliphatic rings. The van der Waals surface area contributed by atoms with Crippen LogP contribution in [0.1, 0.15) is 20.3 Å². The minimum Gasteiger partial charge on any atom is -0.515 e. The van der Waals surface area contributed by atoms with Crippen LogP contribution in [0.4, 0.5) is 0 Å². The van der Waals surface area contributed by atoms with E-state index in [1.807, 2.05) is 13.8 Å². The number of ether oxygens (including phenoxy) is 2. The van der Waals surface area contributed by atoms with Gasteiger partial charge in [-0.2, -0.15) is 0 Å². The summed E-state index contributed by atoms with van der Waals surface area (Å²) >= 11 is 0. The van der Waals surface area contributed by atoms with Crippen LogP contribution < -0.4 is 0 Å². The molecule has 3 fully saturated rings. The summed E-state index contributed by atoms with van der Waals surface area (Å²) in [5.74, 6) is -0.651. The molecule has 82 valence electrons. The Morgan fingerprint density at radius 1 is 1.33 bits per heavy atom. The molecule has 1 aliphatic heterocycles. The number of Topliss-reactive ketones (excluding diaryl/α,β-unsaturated/α-hetero) is 1. The molecule has 0 unspecified atom stereocenters. The lowest BCUT2D eigenvalue weighted by molar-refractivity contribution is -0.157. The fourth-order valence-corrected chi connectivity index (χ4v) is 3.10. The van der Waals surface area contributed by atoms with E-state index in [1.54, 1.807) is 0 Å². The van der Waals surface area contributed by atoms with Crippen molar-refractivity contribution < 1.29 is 19.4 Å². The Morgan fingerprint density at radius 3 is 2.53 bits per heavy atom. The van der Waals surface area contributed by atoms with E-state index in [0.717, 1.165) is 12.7 Å². The minimum absolute atomic E-state index is 0.0271. The third-order valence-corrected chi connectivity index (χ3v) is 3.62. The maximum atomic E-state index is 11.8. The Bertz CT molecular complexity index is 358. The van der Waals surface area contributed by atoms with Gasteiger partial charge in [0.25, 0.3) is 0 Å². The maximum Gasteiger partial charge on any atom is 0.168 e. The average molecular weight is 210 g/mol. The standard InChI is InChI=1S/C11H14O4/c1-11(2)14-9-5-3-6(10(9)15-11)8(13)7(5)4-12/h4-6,9-10,12H,3H2,1-2H3/b7-4-/t5-,6+,9-,10+/m1/s1. The first-order valence-corrected chi connectivity index (χ1v) is 5.27. The molecule has 3 rings (SSSR count). The van der Waals surface area contributed by atoms with Crippen LogP contribution in [-0.2, 0) is 14.3 Å². The molecule has 1 N–H and O–H groups in total.